The summed E-state index contributed by atoms with van der Waals surface area (Å²) in [5, 5.41) is 0. The molecule has 4 nitrogen and oxygen atoms in total. The van der Waals surface area contributed by atoms with Gasteiger partial charge in [-0.1, -0.05) is 6.92 Å². The summed E-state index contributed by atoms with van der Waals surface area (Å²) in [7, 11) is -3.43. The van der Waals surface area contributed by atoms with E-state index in [2.05, 4.69) is 27.6 Å². The van der Waals surface area contributed by atoms with Crippen molar-refractivity contribution in [1.29, 1.82) is 0 Å². The first kappa shape index (κ1) is 14.5. The van der Waals surface area contributed by atoms with Crippen molar-refractivity contribution in [3.63, 3.8) is 0 Å². The highest BCUT2D eigenvalue weighted by molar-refractivity contribution is 9.11. The Morgan fingerprint density at radius 3 is 2.67 bits per heavy atom. The first-order valence-corrected chi connectivity index (χ1v) is 9.00. The second-order valence-electron chi connectivity index (χ2n) is 4.73. The van der Waals surface area contributed by atoms with E-state index in [1.165, 1.54) is 11.3 Å². The van der Waals surface area contributed by atoms with Crippen molar-refractivity contribution in [3.8, 4) is 0 Å². The van der Waals surface area contributed by atoms with Crippen LogP contribution in [0, 0.1) is 5.41 Å². The molecule has 7 heteroatoms. The Morgan fingerprint density at radius 2 is 2.22 bits per heavy atom. The second-order valence-corrected chi connectivity index (χ2v) is 8.92. The van der Waals surface area contributed by atoms with E-state index in [0.29, 0.717) is 21.8 Å². The Balaban J connectivity index is 2.12. The molecule has 0 radical (unpaired) electrons. The molecule has 0 atom stereocenters. The van der Waals surface area contributed by atoms with E-state index < -0.39 is 10.0 Å². The van der Waals surface area contributed by atoms with Crippen LogP contribution in [0.2, 0.25) is 0 Å². The van der Waals surface area contributed by atoms with Gasteiger partial charge in [-0.3, -0.25) is 0 Å². The maximum absolute atomic E-state index is 12.2. The summed E-state index contributed by atoms with van der Waals surface area (Å²) in [6.45, 7) is 3.00. The van der Waals surface area contributed by atoms with E-state index in [-0.39, 0.29) is 5.41 Å². The van der Waals surface area contributed by atoms with E-state index >= 15 is 0 Å². The standard InChI is InChI=1S/C11H17BrN2O2S2/c1-2-11(3-4-11)7-14-18(15,16)9-5-8(6-13)17-10(9)12/h5,14H,2-4,6-7,13H2,1H3. The van der Waals surface area contributed by atoms with Gasteiger partial charge in [0.1, 0.15) is 4.90 Å². The monoisotopic (exact) mass is 352 g/mol. The van der Waals surface area contributed by atoms with Crippen molar-refractivity contribution in [2.45, 2.75) is 37.6 Å². The third-order valence-corrected chi connectivity index (χ3v) is 7.22. The molecule has 1 aromatic rings. The highest BCUT2D eigenvalue weighted by Gasteiger charge is 2.41. The molecule has 0 aliphatic heterocycles. The lowest BCUT2D eigenvalue weighted by atomic mass is 10.1. The lowest BCUT2D eigenvalue weighted by Crippen LogP contribution is -2.30. The molecular weight excluding hydrogens is 336 g/mol. The fourth-order valence-electron chi connectivity index (χ4n) is 1.84. The minimum Gasteiger partial charge on any atom is -0.326 e. The van der Waals surface area contributed by atoms with E-state index in [1.54, 1.807) is 6.07 Å². The molecule has 1 fully saturated rings. The molecule has 0 aromatic carbocycles. The zero-order valence-electron chi connectivity index (χ0n) is 10.2. The van der Waals surface area contributed by atoms with Crippen LogP contribution in [0.1, 0.15) is 31.1 Å². The van der Waals surface area contributed by atoms with E-state index in [9.17, 15) is 8.42 Å². The van der Waals surface area contributed by atoms with Gasteiger partial charge in [-0.2, -0.15) is 0 Å². The molecular formula is C11H17BrN2O2S2. The largest absolute Gasteiger partial charge is 0.326 e. The number of nitrogens with one attached hydrogen (secondary N) is 1. The topological polar surface area (TPSA) is 72.2 Å². The summed E-state index contributed by atoms with van der Waals surface area (Å²) < 4.78 is 27.7. The third-order valence-electron chi connectivity index (χ3n) is 3.54. The molecule has 3 N–H and O–H groups in total. The van der Waals surface area contributed by atoms with Gasteiger partial charge in [0.05, 0.1) is 3.79 Å². The molecule has 18 heavy (non-hydrogen) atoms. The van der Waals surface area contributed by atoms with Crippen LogP contribution in [-0.4, -0.2) is 15.0 Å². The summed E-state index contributed by atoms with van der Waals surface area (Å²) >= 11 is 4.66. The fourth-order valence-corrected chi connectivity index (χ4v) is 5.56. The smallest absolute Gasteiger partial charge is 0.242 e. The normalized spacial score (nSPS) is 17.9. The molecule has 1 aliphatic rings. The van der Waals surface area contributed by atoms with E-state index in [0.717, 1.165) is 24.1 Å². The van der Waals surface area contributed by atoms with Crippen LogP contribution in [0.4, 0.5) is 0 Å². The summed E-state index contributed by atoms with van der Waals surface area (Å²) in [5.74, 6) is 0. The minimum atomic E-state index is -3.43. The molecule has 2 rings (SSSR count). The van der Waals surface area contributed by atoms with Crippen molar-refractivity contribution >= 4 is 37.3 Å². The van der Waals surface area contributed by atoms with E-state index in [4.69, 9.17) is 5.73 Å². The maximum atomic E-state index is 12.2. The quantitative estimate of drug-likeness (QED) is 0.825. The first-order chi connectivity index (χ1) is 8.42. The van der Waals surface area contributed by atoms with Crippen molar-refractivity contribution in [1.82, 2.24) is 4.72 Å². The van der Waals surface area contributed by atoms with Gasteiger partial charge in [0.25, 0.3) is 0 Å². The number of sulfonamides is 1. The molecule has 1 saturated carbocycles. The van der Waals surface area contributed by atoms with Crippen LogP contribution in [0.3, 0.4) is 0 Å². The SMILES string of the molecule is CCC1(CNS(=O)(=O)c2cc(CN)sc2Br)CC1. The van der Waals surface area contributed by atoms with Crippen molar-refractivity contribution in [2.75, 3.05) is 6.54 Å². The summed E-state index contributed by atoms with van der Waals surface area (Å²) in [5.41, 5.74) is 5.73. The Bertz CT molecular complexity index is 535. The lowest BCUT2D eigenvalue weighted by molar-refractivity contribution is 0.475. The van der Waals surface area contributed by atoms with Crippen LogP contribution in [0.5, 0.6) is 0 Å². The fraction of sp³-hybridized carbons (Fsp3) is 0.636. The van der Waals surface area contributed by atoms with Gasteiger partial charge in [0.2, 0.25) is 10.0 Å². The van der Waals surface area contributed by atoms with Gasteiger partial charge in [-0.15, -0.1) is 11.3 Å². The molecule has 0 saturated heterocycles. The molecule has 1 aliphatic carbocycles. The van der Waals surface area contributed by atoms with Gasteiger partial charge in [0.15, 0.2) is 0 Å². The molecule has 0 unspecified atom stereocenters. The Kier molecular flexibility index (Phi) is 4.18. The summed E-state index contributed by atoms with van der Waals surface area (Å²) in [6, 6.07) is 1.64. The number of thiophene rings is 1. The number of nitrogens with two attached hydrogens (primary N) is 1. The Hall–Kier alpha value is 0.0500. The summed E-state index contributed by atoms with van der Waals surface area (Å²) in [6.07, 6.45) is 3.25. The highest BCUT2D eigenvalue weighted by atomic mass is 79.9. The molecule has 1 heterocycles. The third kappa shape index (κ3) is 2.96. The second kappa shape index (κ2) is 5.20. The van der Waals surface area contributed by atoms with Gasteiger partial charge < -0.3 is 5.73 Å². The van der Waals surface area contributed by atoms with Crippen LogP contribution in [0.15, 0.2) is 14.7 Å². The predicted molar refractivity (Wildman–Crippen MR) is 77.1 cm³/mol. The minimum absolute atomic E-state index is 0.201. The number of rotatable bonds is 6. The van der Waals surface area contributed by atoms with Crippen LogP contribution in [0.25, 0.3) is 0 Å². The Morgan fingerprint density at radius 1 is 1.56 bits per heavy atom. The Labute approximate surface area is 120 Å². The number of hydrogen-bond acceptors (Lipinski definition) is 4. The maximum Gasteiger partial charge on any atom is 0.242 e. The van der Waals surface area contributed by atoms with Crippen molar-refractivity contribution in [2.24, 2.45) is 11.1 Å². The molecule has 102 valence electrons. The van der Waals surface area contributed by atoms with Crippen LogP contribution in [-0.2, 0) is 16.6 Å². The van der Waals surface area contributed by atoms with Crippen LogP contribution >= 0.6 is 27.3 Å². The predicted octanol–water partition coefficient (Wildman–Crippen LogP) is 2.44. The van der Waals surface area contributed by atoms with Gasteiger partial charge >= 0.3 is 0 Å². The van der Waals surface area contributed by atoms with Gasteiger partial charge in [0, 0.05) is 18.0 Å². The average molecular weight is 353 g/mol. The molecule has 0 bridgehead atoms. The number of halogens is 1. The average Bonchev–Trinajstić information content (AvgIpc) is 3.03. The van der Waals surface area contributed by atoms with Gasteiger partial charge in [-0.25, -0.2) is 13.1 Å². The zero-order chi connectivity index (χ0) is 13.4. The molecule has 1 aromatic heterocycles. The van der Waals surface area contributed by atoms with Gasteiger partial charge in [-0.05, 0) is 46.7 Å². The number of hydrogen-bond donors (Lipinski definition) is 2. The van der Waals surface area contributed by atoms with Crippen molar-refractivity contribution < 1.29 is 8.42 Å². The molecule has 0 amide bonds. The van der Waals surface area contributed by atoms with Crippen molar-refractivity contribution in [3.05, 3.63) is 14.7 Å². The van der Waals surface area contributed by atoms with Crippen LogP contribution < -0.4 is 10.5 Å². The summed E-state index contributed by atoms with van der Waals surface area (Å²) in [4.78, 5) is 1.17. The highest BCUT2D eigenvalue weighted by Crippen LogP contribution is 2.48. The lowest BCUT2D eigenvalue weighted by Gasteiger charge is -2.13. The molecule has 0 spiro atoms. The first-order valence-electron chi connectivity index (χ1n) is 5.90. The zero-order valence-corrected chi connectivity index (χ0v) is 13.4. The van der Waals surface area contributed by atoms with E-state index in [1.807, 2.05) is 0 Å².